The number of aromatic nitrogens is 1. The lowest BCUT2D eigenvalue weighted by Crippen LogP contribution is -2.39. The Kier molecular flexibility index (Phi) is 5.83. The third-order valence-corrected chi connectivity index (χ3v) is 6.07. The van der Waals surface area contributed by atoms with Gasteiger partial charge < -0.3 is 0 Å². The normalized spacial score (nSPS) is 10.8. The molecule has 0 bridgehead atoms. The smallest absolute Gasteiger partial charge is 0.187 e. The summed E-state index contributed by atoms with van der Waals surface area (Å²) in [4.78, 5) is 0. The van der Waals surface area contributed by atoms with Crippen molar-refractivity contribution in [2.24, 2.45) is 0 Å². The van der Waals surface area contributed by atoms with Gasteiger partial charge in [-0.05, 0) is 41.5 Å². The molecule has 154 valence electrons. The zero-order valence-electron chi connectivity index (χ0n) is 17.7. The van der Waals surface area contributed by atoms with Crippen LogP contribution in [0.4, 0.5) is 0 Å². The first-order chi connectivity index (χ1) is 15.8. The van der Waals surface area contributed by atoms with Gasteiger partial charge in [0.1, 0.15) is 0 Å². The molecule has 32 heavy (non-hydrogen) atoms. The fraction of sp³-hybridized carbons (Fsp3) is 0.0333. The lowest BCUT2D eigenvalue weighted by atomic mass is 9.98. The molecule has 0 amide bonds. The third-order valence-electron chi connectivity index (χ3n) is 5.70. The van der Waals surface area contributed by atoms with Crippen molar-refractivity contribution in [1.82, 2.24) is 0 Å². The average Bonchev–Trinajstić information content (AvgIpc) is 2.87. The first-order valence-electron chi connectivity index (χ1n) is 10.8. The standard InChI is InChI=1S/C30H23ClN/c31-28-19-11-10-18-26(28)22-32-29(24-14-6-2-7-15-24)20-27(23-12-4-1-5-13-23)21-30(32)25-16-8-3-9-17-25/h1-21H,22H2/q+1. The van der Waals surface area contributed by atoms with Gasteiger partial charge in [-0.25, -0.2) is 0 Å². The van der Waals surface area contributed by atoms with Crippen LogP contribution >= 0.6 is 11.6 Å². The predicted octanol–water partition coefficient (Wildman–Crippen LogP) is 7.68. The summed E-state index contributed by atoms with van der Waals surface area (Å²) in [7, 11) is 0. The molecule has 1 heterocycles. The van der Waals surface area contributed by atoms with Crippen molar-refractivity contribution in [1.29, 1.82) is 0 Å². The van der Waals surface area contributed by atoms with Crippen LogP contribution in [-0.4, -0.2) is 0 Å². The molecule has 0 saturated carbocycles. The molecule has 0 atom stereocenters. The Morgan fingerprint density at radius 1 is 0.469 bits per heavy atom. The first kappa shape index (κ1) is 20.2. The monoisotopic (exact) mass is 432 g/mol. The summed E-state index contributed by atoms with van der Waals surface area (Å²) in [5, 5.41) is 0.783. The highest BCUT2D eigenvalue weighted by Gasteiger charge is 2.23. The summed E-state index contributed by atoms with van der Waals surface area (Å²) in [6.45, 7) is 0.684. The molecule has 0 unspecified atom stereocenters. The number of rotatable bonds is 5. The van der Waals surface area contributed by atoms with E-state index in [-0.39, 0.29) is 0 Å². The van der Waals surface area contributed by atoms with Crippen molar-refractivity contribution < 1.29 is 4.57 Å². The molecular formula is C30H23ClN+. The maximum absolute atomic E-state index is 6.58. The second-order valence-corrected chi connectivity index (χ2v) is 8.20. The van der Waals surface area contributed by atoms with Gasteiger partial charge in [0.05, 0.1) is 5.02 Å². The van der Waals surface area contributed by atoms with Gasteiger partial charge in [0.2, 0.25) is 11.4 Å². The van der Waals surface area contributed by atoms with Crippen LogP contribution in [0.25, 0.3) is 33.6 Å². The Balaban J connectivity index is 1.80. The summed E-state index contributed by atoms with van der Waals surface area (Å²) in [5.41, 5.74) is 8.16. The fourth-order valence-electron chi connectivity index (χ4n) is 4.08. The zero-order chi connectivity index (χ0) is 21.8. The van der Waals surface area contributed by atoms with Gasteiger partial charge in [0.25, 0.3) is 0 Å². The van der Waals surface area contributed by atoms with Crippen molar-refractivity contribution in [2.75, 3.05) is 0 Å². The van der Waals surface area contributed by atoms with E-state index >= 15 is 0 Å². The van der Waals surface area contributed by atoms with Crippen LogP contribution in [-0.2, 0) is 6.54 Å². The molecular weight excluding hydrogens is 410 g/mol. The molecule has 0 spiro atoms. The largest absolute Gasteiger partial charge is 0.213 e. The van der Waals surface area contributed by atoms with Crippen molar-refractivity contribution in [3.05, 3.63) is 138 Å². The Labute approximate surface area is 194 Å². The average molecular weight is 433 g/mol. The second-order valence-electron chi connectivity index (χ2n) is 7.79. The molecule has 0 radical (unpaired) electrons. The fourth-order valence-corrected chi connectivity index (χ4v) is 4.28. The van der Waals surface area contributed by atoms with Crippen LogP contribution in [0.5, 0.6) is 0 Å². The lowest BCUT2D eigenvalue weighted by Gasteiger charge is -2.13. The summed E-state index contributed by atoms with van der Waals surface area (Å²) in [6.07, 6.45) is 0. The third kappa shape index (κ3) is 4.21. The molecule has 0 aliphatic heterocycles. The summed E-state index contributed by atoms with van der Waals surface area (Å²) in [6, 6.07) is 44.4. The lowest BCUT2D eigenvalue weighted by molar-refractivity contribution is -0.666. The van der Waals surface area contributed by atoms with Gasteiger partial charge in [-0.3, -0.25) is 0 Å². The van der Waals surface area contributed by atoms with E-state index in [1.54, 1.807) is 0 Å². The summed E-state index contributed by atoms with van der Waals surface area (Å²) < 4.78 is 2.37. The Morgan fingerprint density at radius 2 is 0.906 bits per heavy atom. The minimum atomic E-state index is 0.684. The minimum Gasteiger partial charge on any atom is -0.187 e. The summed E-state index contributed by atoms with van der Waals surface area (Å²) >= 11 is 6.58. The van der Waals surface area contributed by atoms with E-state index in [0.717, 1.165) is 22.0 Å². The molecule has 2 heteroatoms. The highest BCUT2D eigenvalue weighted by molar-refractivity contribution is 6.31. The molecule has 5 aromatic rings. The minimum absolute atomic E-state index is 0.684. The molecule has 1 nitrogen and oxygen atoms in total. The van der Waals surface area contributed by atoms with Crippen LogP contribution in [0, 0.1) is 0 Å². The van der Waals surface area contributed by atoms with E-state index < -0.39 is 0 Å². The number of benzene rings is 4. The van der Waals surface area contributed by atoms with E-state index in [4.69, 9.17) is 11.6 Å². The second kappa shape index (κ2) is 9.21. The highest BCUT2D eigenvalue weighted by atomic mass is 35.5. The van der Waals surface area contributed by atoms with Gasteiger partial charge >= 0.3 is 0 Å². The molecule has 0 aliphatic rings. The quantitative estimate of drug-likeness (QED) is 0.251. The van der Waals surface area contributed by atoms with Gasteiger partial charge in [0, 0.05) is 28.8 Å². The number of hydrogen-bond acceptors (Lipinski definition) is 0. The SMILES string of the molecule is Clc1ccccc1C[n+]1c(-c2ccccc2)cc(-c2ccccc2)cc1-c1ccccc1. The molecule has 0 saturated heterocycles. The Morgan fingerprint density at radius 3 is 1.41 bits per heavy atom. The van der Waals surface area contributed by atoms with Crippen LogP contribution in [0.3, 0.4) is 0 Å². The van der Waals surface area contributed by atoms with Crippen molar-refractivity contribution >= 4 is 11.6 Å². The maximum Gasteiger partial charge on any atom is 0.213 e. The van der Waals surface area contributed by atoms with E-state index in [1.807, 2.05) is 18.2 Å². The van der Waals surface area contributed by atoms with Crippen molar-refractivity contribution in [3.63, 3.8) is 0 Å². The number of nitrogens with zero attached hydrogens (tertiary/aromatic N) is 1. The van der Waals surface area contributed by atoms with E-state index in [0.29, 0.717) is 6.54 Å². The van der Waals surface area contributed by atoms with Crippen molar-refractivity contribution in [3.8, 4) is 33.6 Å². The molecule has 0 fully saturated rings. The predicted molar refractivity (Wildman–Crippen MR) is 133 cm³/mol. The van der Waals surface area contributed by atoms with Gasteiger partial charge in [-0.15, -0.1) is 0 Å². The zero-order valence-corrected chi connectivity index (χ0v) is 18.4. The Hall–Kier alpha value is -3.68. The first-order valence-corrected chi connectivity index (χ1v) is 11.1. The number of hydrogen-bond donors (Lipinski definition) is 0. The molecule has 4 aromatic carbocycles. The molecule has 5 rings (SSSR count). The van der Waals surface area contributed by atoms with Gasteiger partial charge in [-0.1, -0.05) is 96.5 Å². The topological polar surface area (TPSA) is 3.88 Å². The number of halogens is 1. The molecule has 0 N–H and O–H groups in total. The van der Waals surface area contributed by atoms with Gasteiger partial charge in [-0.2, -0.15) is 4.57 Å². The Bertz CT molecular complexity index is 1270. The van der Waals surface area contributed by atoms with Crippen LogP contribution in [0.1, 0.15) is 5.56 Å². The van der Waals surface area contributed by atoms with Gasteiger partial charge in [0.15, 0.2) is 6.54 Å². The van der Waals surface area contributed by atoms with Crippen LogP contribution in [0.15, 0.2) is 127 Å². The highest BCUT2D eigenvalue weighted by Crippen LogP contribution is 2.30. The van der Waals surface area contributed by atoms with E-state index in [2.05, 4.69) is 114 Å². The van der Waals surface area contributed by atoms with Crippen LogP contribution < -0.4 is 4.57 Å². The molecule has 1 aromatic heterocycles. The van der Waals surface area contributed by atoms with E-state index in [1.165, 1.54) is 22.3 Å². The van der Waals surface area contributed by atoms with Crippen LogP contribution in [0.2, 0.25) is 5.02 Å². The summed E-state index contributed by atoms with van der Waals surface area (Å²) in [5.74, 6) is 0. The number of pyridine rings is 1. The van der Waals surface area contributed by atoms with E-state index in [9.17, 15) is 0 Å². The molecule has 0 aliphatic carbocycles. The van der Waals surface area contributed by atoms with Crippen molar-refractivity contribution in [2.45, 2.75) is 6.54 Å². The maximum atomic E-state index is 6.58.